The summed E-state index contributed by atoms with van der Waals surface area (Å²) in [5, 5.41) is 3.27. The monoisotopic (exact) mass is 199 g/mol. The first-order valence-corrected chi connectivity index (χ1v) is 5.66. The van der Waals surface area contributed by atoms with Crippen molar-refractivity contribution in [3.63, 3.8) is 0 Å². The van der Waals surface area contributed by atoms with Crippen molar-refractivity contribution in [3.05, 3.63) is 0 Å². The van der Waals surface area contributed by atoms with Gasteiger partial charge in [0.05, 0.1) is 6.61 Å². The van der Waals surface area contributed by atoms with E-state index in [-0.39, 0.29) is 12.0 Å². The summed E-state index contributed by atoms with van der Waals surface area (Å²) in [4.78, 5) is 11.5. The fourth-order valence-electron chi connectivity index (χ4n) is 1.74. The standard InChI is InChI=1S/C11H21NO2/c1-3-4-8-14-11(13)10-7-5-6-9(2)12-10/h9-10,12H,3-8H2,1-2H3/t9-,10+/m1/s1. The van der Waals surface area contributed by atoms with E-state index in [2.05, 4.69) is 19.2 Å². The Morgan fingerprint density at radius 3 is 2.93 bits per heavy atom. The third-order valence-corrected chi connectivity index (χ3v) is 2.64. The molecule has 1 saturated heterocycles. The Balaban J connectivity index is 2.22. The average Bonchev–Trinajstić information content (AvgIpc) is 2.18. The minimum atomic E-state index is -0.0648. The Labute approximate surface area is 86.2 Å². The van der Waals surface area contributed by atoms with Crippen molar-refractivity contribution in [3.8, 4) is 0 Å². The van der Waals surface area contributed by atoms with Gasteiger partial charge in [-0.1, -0.05) is 13.3 Å². The van der Waals surface area contributed by atoms with Crippen molar-refractivity contribution in [2.75, 3.05) is 6.61 Å². The zero-order valence-corrected chi connectivity index (χ0v) is 9.21. The van der Waals surface area contributed by atoms with Gasteiger partial charge in [0.2, 0.25) is 0 Å². The summed E-state index contributed by atoms with van der Waals surface area (Å²) in [6.07, 6.45) is 5.26. The van der Waals surface area contributed by atoms with E-state index in [9.17, 15) is 4.79 Å². The minimum Gasteiger partial charge on any atom is -0.465 e. The van der Waals surface area contributed by atoms with Crippen molar-refractivity contribution in [1.29, 1.82) is 0 Å². The maximum atomic E-state index is 11.5. The van der Waals surface area contributed by atoms with Gasteiger partial charge < -0.3 is 10.1 Å². The third kappa shape index (κ3) is 3.66. The number of hydrogen-bond donors (Lipinski definition) is 1. The fourth-order valence-corrected chi connectivity index (χ4v) is 1.74. The van der Waals surface area contributed by atoms with E-state index < -0.39 is 0 Å². The van der Waals surface area contributed by atoms with Crippen molar-refractivity contribution >= 4 is 5.97 Å². The van der Waals surface area contributed by atoms with Gasteiger partial charge in [0.15, 0.2) is 0 Å². The van der Waals surface area contributed by atoms with Crippen LogP contribution in [0.25, 0.3) is 0 Å². The first kappa shape index (κ1) is 11.5. The molecule has 3 heteroatoms. The summed E-state index contributed by atoms with van der Waals surface area (Å²) in [5.41, 5.74) is 0. The van der Waals surface area contributed by atoms with E-state index in [0.29, 0.717) is 12.6 Å². The van der Waals surface area contributed by atoms with Crippen LogP contribution in [0.2, 0.25) is 0 Å². The molecule has 0 bridgehead atoms. The lowest BCUT2D eigenvalue weighted by Crippen LogP contribution is -2.46. The molecular formula is C11H21NO2. The molecule has 1 fully saturated rings. The van der Waals surface area contributed by atoms with Crippen LogP contribution in [0.3, 0.4) is 0 Å². The highest BCUT2D eigenvalue weighted by molar-refractivity contribution is 5.75. The van der Waals surface area contributed by atoms with Crippen LogP contribution in [0.1, 0.15) is 46.0 Å². The van der Waals surface area contributed by atoms with E-state index >= 15 is 0 Å². The van der Waals surface area contributed by atoms with Gasteiger partial charge in [-0.3, -0.25) is 4.79 Å². The highest BCUT2D eigenvalue weighted by Gasteiger charge is 2.24. The molecule has 2 atom stereocenters. The minimum absolute atomic E-state index is 0.0596. The topological polar surface area (TPSA) is 38.3 Å². The van der Waals surface area contributed by atoms with Crippen LogP contribution in [0.15, 0.2) is 0 Å². The molecule has 0 aromatic rings. The van der Waals surface area contributed by atoms with Gasteiger partial charge in [0.25, 0.3) is 0 Å². The number of rotatable bonds is 4. The molecule has 0 aromatic heterocycles. The number of piperidine rings is 1. The molecule has 1 aliphatic heterocycles. The summed E-state index contributed by atoms with van der Waals surface area (Å²) >= 11 is 0. The first-order valence-electron chi connectivity index (χ1n) is 5.66. The second kappa shape index (κ2) is 6.02. The molecule has 0 aliphatic carbocycles. The van der Waals surface area contributed by atoms with Crippen LogP contribution in [-0.4, -0.2) is 24.7 Å². The van der Waals surface area contributed by atoms with Gasteiger partial charge in [0.1, 0.15) is 6.04 Å². The van der Waals surface area contributed by atoms with Crippen LogP contribution in [0.4, 0.5) is 0 Å². The molecule has 0 unspecified atom stereocenters. The van der Waals surface area contributed by atoms with E-state index in [1.54, 1.807) is 0 Å². The smallest absolute Gasteiger partial charge is 0.323 e. The summed E-state index contributed by atoms with van der Waals surface area (Å²) in [6.45, 7) is 4.78. The number of carbonyl (C=O) groups excluding carboxylic acids is 1. The molecule has 1 aliphatic rings. The number of unbranched alkanes of at least 4 members (excludes halogenated alkanes) is 1. The Bertz CT molecular complexity index is 182. The third-order valence-electron chi connectivity index (χ3n) is 2.64. The second-order valence-electron chi connectivity index (χ2n) is 4.07. The largest absolute Gasteiger partial charge is 0.465 e. The SMILES string of the molecule is CCCCOC(=O)[C@@H]1CCC[C@@H](C)N1. The highest BCUT2D eigenvalue weighted by Crippen LogP contribution is 2.13. The predicted molar refractivity (Wildman–Crippen MR) is 56.1 cm³/mol. The van der Waals surface area contributed by atoms with E-state index in [0.717, 1.165) is 25.7 Å². The zero-order valence-electron chi connectivity index (χ0n) is 9.21. The number of ether oxygens (including phenoxy) is 1. The van der Waals surface area contributed by atoms with E-state index in [4.69, 9.17) is 4.74 Å². The number of carbonyl (C=O) groups is 1. The summed E-state index contributed by atoms with van der Waals surface area (Å²) in [6, 6.07) is 0.392. The molecule has 0 saturated carbocycles. The lowest BCUT2D eigenvalue weighted by Gasteiger charge is -2.27. The lowest BCUT2D eigenvalue weighted by atomic mass is 10.00. The molecular weight excluding hydrogens is 178 g/mol. The summed E-state index contributed by atoms with van der Waals surface area (Å²) in [5.74, 6) is -0.0648. The highest BCUT2D eigenvalue weighted by atomic mass is 16.5. The summed E-state index contributed by atoms with van der Waals surface area (Å²) in [7, 11) is 0. The Hall–Kier alpha value is -0.570. The van der Waals surface area contributed by atoms with Crippen LogP contribution in [0.5, 0.6) is 0 Å². The van der Waals surface area contributed by atoms with Crippen LogP contribution < -0.4 is 5.32 Å². The maximum absolute atomic E-state index is 11.5. The molecule has 0 radical (unpaired) electrons. The van der Waals surface area contributed by atoms with E-state index in [1.165, 1.54) is 6.42 Å². The molecule has 14 heavy (non-hydrogen) atoms. The molecule has 3 nitrogen and oxygen atoms in total. The predicted octanol–water partition coefficient (Wildman–Crippen LogP) is 1.86. The Kier molecular flexibility index (Phi) is 4.94. The van der Waals surface area contributed by atoms with Crippen molar-refractivity contribution < 1.29 is 9.53 Å². The number of hydrogen-bond acceptors (Lipinski definition) is 3. The second-order valence-corrected chi connectivity index (χ2v) is 4.07. The number of nitrogens with one attached hydrogen (secondary N) is 1. The average molecular weight is 199 g/mol. The maximum Gasteiger partial charge on any atom is 0.323 e. The summed E-state index contributed by atoms with van der Waals surface area (Å²) < 4.78 is 5.17. The molecule has 82 valence electrons. The molecule has 0 aromatic carbocycles. The van der Waals surface area contributed by atoms with Crippen molar-refractivity contribution in [1.82, 2.24) is 5.32 Å². The van der Waals surface area contributed by atoms with Gasteiger partial charge in [-0.2, -0.15) is 0 Å². The Morgan fingerprint density at radius 2 is 2.29 bits per heavy atom. The van der Waals surface area contributed by atoms with Gasteiger partial charge in [-0.15, -0.1) is 0 Å². The molecule has 0 spiro atoms. The Morgan fingerprint density at radius 1 is 1.50 bits per heavy atom. The molecule has 1 rings (SSSR count). The first-order chi connectivity index (χ1) is 6.74. The van der Waals surface area contributed by atoms with Gasteiger partial charge >= 0.3 is 5.97 Å². The zero-order chi connectivity index (χ0) is 10.4. The van der Waals surface area contributed by atoms with Crippen LogP contribution >= 0.6 is 0 Å². The quantitative estimate of drug-likeness (QED) is 0.555. The lowest BCUT2D eigenvalue weighted by molar-refractivity contribution is -0.147. The molecule has 1 heterocycles. The van der Waals surface area contributed by atoms with Crippen molar-refractivity contribution in [2.24, 2.45) is 0 Å². The van der Waals surface area contributed by atoms with Gasteiger partial charge in [-0.25, -0.2) is 0 Å². The van der Waals surface area contributed by atoms with Crippen LogP contribution in [0, 0.1) is 0 Å². The normalized spacial score (nSPS) is 27.3. The van der Waals surface area contributed by atoms with Gasteiger partial charge in [0, 0.05) is 6.04 Å². The fraction of sp³-hybridized carbons (Fsp3) is 0.909. The molecule has 0 amide bonds. The van der Waals surface area contributed by atoms with Crippen LogP contribution in [-0.2, 0) is 9.53 Å². The van der Waals surface area contributed by atoms with E-state index in [1.807, 2.05) is 0 Å². The van der Waals surface area contributed by atoms with Crippen molar-refractivity contribution in [2.45, 2.75) is 58.0 Å². The molecule has 1 N–H and O–H groups in total. The van der Waals surface area contributed by atoms with Gasteiger partial charge in [-0.05, 0) is 32.6 Å². The number of esters is 1.